The summed E-state index contributed by atoms with van der Waals surface area (Å²) in [4.78, 5) is 19.5. The van der Waals surface area contributed by atoms with Crippen LogP contribution >= 0.6 is 0 Å². The van der Waals surface area contributed by atoms with E-state index in [1.807, 2.05) is 6.92 Å². The Morgan fingerprint density at radius 1 is 1.39 bits per heavy atom. The van der Waals surface area contributed by atoms with Gasteiger partial charge in [-0.1, -0.05) is 6.92 Å². The molecule has 18 heavy (non-hydrogen) atoms. The first-order chi connectivity index (χ1) is 8.28. The van der Waals surface area contributed by atoms with Crippen LogP contribution in [0.1, 0.15) is 12.7 Å². The van der Waals surface area contributed by atoms with Gasteiger partial charge in [0.25, 0.3) is 10.0 Å². The van der Waals surface area contributed by atoms with Gasteiger partial charge in [-0.05, 0) is 0 Å². The number of aryl methyl sites for hydroxylation is 1. The van der Waals surface area contributed by atoms with E-state index in [1.54, 1.807) is 14.1 Å². The number of hydrogen-bond donors (Lipinski definition) is 1. The summed E-state index contributed by atoms with van der Waals surface area (Å²) in [7, 11) is 0.830. The van der Waals surface area contributed by atoms with Crippen LogP contribution in [0, 0.1) is 0 Å². The molecule has 7 nitrogen and oxygen atoms in total. The Morgan fingerprint density at radius 3 is 2.44 bits per heavy atom. The van der Waals surface area contributed by atoms with Gasteiger partial charge in [-0.3, -0.25) is 4.79 Å². The predicted molar refractivity (Wildman–Crippen MR) is 66.5 cm³/mol. The highest BCUT2D eigenvalue weighted by atomic mass is 32.2. The van der Waals surface area contributed by atoms with E-state index >= 15 is 0 Å². The van der Waals surface area contributed by atoms with Crippen LogP contribution in [-0.2, 0) is 21.2 Å². The molecule has 102 valence electrons. The van der Waals surface area contributed by atoms with Crippen LogP contribution < -0.4 is 0 Å². The third-order valence-corrected chi connectivity index (χ3v) is 4.20. The number of sulfonamides is 1. The zero-order valence-corrected chi connectivity index (χ0v) is 11.8. The number of carbonyl (C=O) groups is 1. The molecule has 0 saturated carbocycles. The molecule has 1 aromatic heterocycles. The lowest BCUT2D eigenvalue weighted by Crippen LogP contribution is -2.37. The molecule has 0 spiro atoms. The van der Waals surface area contributed by atoms with Gasteiger partial charge in [0.15, 0.2) is 5.03 Å². The molecule has 0 saturated heterocycles. The largest absolute Gasteiger partial charge is 0.348 e. The second kappa shape index (κ2) is 5.49. The molecule has 1 amide bonds. The Labute approximate surface area is 107 Å². The third kappa shape index (κ3) is 3.08. The van der Waals surface area contributed by atoms with Gasteiger partial charge in [-0.2, -0.15) is 4.31 Å². The van der Waals surface area contributed by atoms with Crippen molar-refractivity contribution in [2.75, 3.05) is 27.7 Å². The second-order valence-corrected chi connectivity index (χ2v) is 6.11. The summed E-state index contributed by atoms with van der Waals surface area (Å²) in [6.45, 7) is 1.67. The quantitative estimate of drug-likeness (QED) is 0.797. The minimum atomic E-state index is -3.69. The molecule has 1 heterocycles. The van der Waals surface area contributed by atoms with E-state index in [2.05, 4.69) is 9.97 Å². The zero-order valence-electron chi connectivity index (χ0n) is 11.0. The summed E-state index contributed by atoms with van der Waals surface area (Å²) in [6.07, 6.45) is 1.89. The molecule has 1 rings (SSSR count). The lowest BCUT2D eigenvalue weighted by atomic mass is 10.5. The molecule has 0 aromatic carbocycles. The highest BCUT2D eigenvalue weighted by Gasteiger charge is 2.25. The van der Waals surface area contributed by atoms with Crippen LogP contribution in [0.5, 0.6) is 0 Å². The summed E-state index contributed by atoms with van der Waals surface area (Å²) in [6, 6.07) is 0. The molecule has 1 aromatic rings. The topological polar surface area (TPSA) is 86.4 Å². The molecule has 0 radical (unpaired) electrons. The second-order valence-electron chi connectivity index (χ2n) is 4.10. The standard InChI is InChI=1S/C10H18N4O3S/c1-5-8-11-6-9(12-8)18(16,17)14(4)7-10(15)13(2)3/h6H,5,7H2,1-4H3,(H,11,12). The fraction of sp³-hybridized carbons (Fsp3) is 0.600. The van der Waals surface area contributed by atoms with Crippen molar-refractivity contribution < 1.29 is 13.2 Å². The molecular weight excluding hydrogens is 256 g/mol. The average Bonchev–Trinajstić information content (AvgIpc) is 2.77. The van der Waals surface area contributed by atoms with Crippen molar-refractivity contribution in [3.05, 3.63) is 12.0 Å². The van der Waals surface area contributed by atoms with Crippen molar-refractivity contribution in [3.63, 3.8) is 0 Å². The van der Waals surface area contributed by atoms with E-state index in [0.717, 1.165) is 4.31 Å². The number of aromatic nitrogens is 2. The number of imidazole rings is 1. The maximum atomic E-state index is 12.1. The van der Waals surface area contributed by atoms with Gasteiger partial charge in [0, 0.05) is 27.6 Å². The summed E-state index contributed by atoms with van der Waals surface area (Å²) in [5.74, 6) is 0.317. The molecule has 0 aliphatic carbocycles. The number of nitrogens with zero attached hydrogens (tertiary/aromatic N) is 3. The van der Waals surface area contributed by atoms with Gasteiger partial charge in [-0.15, -0.1) is 0 Å². The van der Waals surface area contributed by atoms with Gasteiger partial charge in [0.1, 0.15) is 5.82 Å². The first-order valence-electron chi connectivity index (χ1n) is 5.49. The zero-order chi connectivity index (χ0) is 13.9. The molecule has 0 aliphatic rings. The molecule has 0 bridgehead atoms. The van der Waals surface area contributed by atoms with Gasteiger partial charge in [-0.25, -0.2) is 13.4 Å². The lowest BCUT2D eigenvalue weighted by Gasteiger charge is -2.18. The van der Waals surface area contributed by atoms with E-state index < -0.39 is 10.0 Å². The van der Waals surface area contributed by atoms with Gasteiger partial charge in [0.05, 0.1) is 12.7 Å². The number of H-pyrrole nitrogens is 1. The van der Waals surface area contributed by atoms with Crippen molar-refractivity contribution in [1.29, 1.82) is 0 Å². The number of aromatic amines is 1. The van der Waals surface area contributed by atoms with Crippen molar-refractivity contribution in [1.82, 2.24) is 19.2 Å². The minimum Gasteiger partial charge on any atom is -0.348 e. The molecule has 1 N–H and O–H groups in total. The highest BCUT2D eigenvalue weighted by Crippen LogP contribution is 2.11. The van der Waals surface area contributed by atoms with Gasteiger partial charge in [0.2, 0.25) is 5.91 Å². The molecule has 0 aliphatic heterocycles. The fourth-order valence-electron chi connectivity index (χ4n) is 1.24. The van der Waals surface area contributed by atoms with E-state index in [0.29, 0.717) is 12.2 Å². The van der Waals surface area contributed by atoms with Crippen molar-refractivity contribution in [2.45, 2.75) is 18.4 Å². The minimum absolute atomic E-state index is 0.00778. The monoisotopic (exact) mass is 274 g/mol. The molecule has 0 atom stereocenters. The normalized spacial score (nSPS) is 11.8. The van der Waals surface area contributed by atoms with Crippen LogP contribution in [0.2, 0.25) is 0 Å². The number of carbonyl (C=O) groups excluding carboxylic acids is 1. The molecule has 8 heteroatoms. The van der Waals surface area contributed by atoms with Crippen LogP contribution in [0.3, 0.4) is 0 Å². The maximum absolute atomic E-state index is 12.1. The lowest BCUT2D eigenvalue weighted by molar-refractivity contribution is -0.128. The van der Waals surface area contributed by atoms with E-state index in [4.69, 9.17) is 0 Å². The Morgan fingerprint density at radius 2 is 2.00 bits per heavy atom. The SMILES string of the molecule is CCc1ncc(S(=O)(=O)N(C)CC(=O)N(C)C)[nH]1. The Bertz CT molecular complexity index is 521. The third-order valence-electron chi connectivity index (χ3n) is 2.48. The molecule has 0 fully saturated rings. The van der Waals surface area contributed by atoms with Gasteiger partial charge < -0.3 is 9.88 Å². The fourth-order valence-corrected chi connectivity index (χ4v) is 2.29. The van der Waals surface area contributed by atoms with E-state index in [9.17, 15) is 13.2 Å². The van der Waals surface area contributed by atoms with E-state index in [-0.39, 0.29) is 17.5 Å². The number of hydrogen-bond acceptors (Lipinski definition) is 4. The van der Waals surface area contributed by atoms with Crippen molar-refractivity contribution in [3.8, 4) is 0 Å². The summed E-state index contributed by atoms with van der Waals surface area (Å²) in [5.41, 5.74) is 0. The number of likely N-dealkylation sites (N-methyl/N-ethyl adjacent to an activating group) is 2. The van der Waals surface area contributed by atoms with Crippen LogP contribution in [0.25, 0.3) is 0 Å². The first-order valence-corrected chi connectivity index (χ1v) is 6.93. The first kappa shape index (κ1) is 14.7. The van der Waals surface area contributed by atoms with E-state index in [1.165, 1.54) is 18.1 Å². The van der Waals surface area contributed by atoms with Gasteiger partial charge >= 0.3 is 0 Å². The molecule has 0 unspecified atom stereocenters. The highest BCUT2D eigenvalue weighted by molar-refractivity contribution is 7.89. The maximum Gasteiger partial charge on any atom is 0.260 e. The smallest absolute Gasteiger partial charge is 0.260 e. The average molecular weight is 274 g/mol. The Balaban J connectivity index is 2.89. The van der Waals surface area contributed by atoms with Crippen molar-refractivity contribution in [2.24, 2.45) is 0 Å². The summed E-state index contributed by atoms with van der Waals surface area (Å²) >= 11 is 0. The Kier molecular flexibility index (Phi) is 4.47. The predicted octanol–water partition coefficient (Wildman–Crippen LogP) is -0.319. The van der Waals surface area contributed by atoms with Crippen LogP contribution in [-0.4, -0.2) is 61.2 Å². The van der Waals surface area contributed by atoms with Crippen LogP contribution in [0.15, 0.2) is 11.2 Å². The molecular formula is C10H18N4O3S. The Hall–Kier alpha value is -1.41. The summed E-state index contributed by atoms with van der Waals surface area (Å²) in [5, 5.41) is 0.00778. The van der Waals surface area contributed by atoms with Crippen LogP contribution in [0.4, 0.5) is 0 Å². The number of nitrogens with one attached hydrogen (secondary N) is 1. The number of amides is 1. The van der Waals surface area contributed by atoms with Crippen molar-refractivity contribution >= 4 is 15.9 Å². The summed E-state index contributed by atoms with van der Waals surface area (Å²) < 4.78 is 25.2. The number of rotatable bonds is 5.